The Balaban J connectivity index is 1.86. The summed E-state index contributed by atoms with van der Waals surface area (Å²) in [4.78, 5) is 14.7. The molecule has 0 saturated carbocycles. The first-order valence-electron chi connectivity index (χ1n) is 7.99. The van der Waals surface area contributed by atoms with Gasteiger partial charge in [-0.1, -0.05) is 13.3 Å². The minimum absolute atomic E-state index is 0.0785. The maximum atomic E-state index is 12.3. The SMILES string of the molecule is CCNCC1CCCCN1C(C)C(=O)NCc1ccco1. The van der Waals surface area contributed by atoms with Crippen LogP contribution in [0.4, 0.5) is 0 Å². The monoisotopic (exact) mass is 293 g/mol. The van der Waals surface area contributed by atoms with Gasteiger partial charge in [0.05, 0.1) is 18.8 Å². The summed E-state index contributed by atoms with van der Waals surface area (Å²) in [5, 5.41) is 6.37. The molecule has 1 aliphatic heterocycles. The van der Waals surface area contributed by atoms with E-state index in [1.165, 1.54) is 19.3 Å². The molecule has 2 atom stereocenters. The normalized spacial score (nSPS) is 21.1. The highest BCUT2D eigenvalue weighted by molar-refractivity contribution is 5.81. The summed E-state index contributed by atoms with van der Waals surface area (Å²) in [5.41, 5.74) is 0. The number of furan rings is 1. The Bertz CT molecular complexity index is 419. The summed E-state index contributed by atoms with van der Waals surface area (Å²) in [7, 11) is 0. The van der Waals surface area contributed by atoms with E-state index in [9.17, 15) is 4.79 Å². The van der Waals surface area contributed by atoms with E-state index in [0.717, 1.165) is 25.4 Å². The van der Waals surface area contributed by atoms with E-state index in [0.29, 0.717) is 12.6 Å². The third-order valence-electron chi connectivity index (χ3n) is 4.20. The van der Waals surface area contributed by atoms with Gasteiger partial charge in [-0.3, -0.25) is 9.69 Å². The molecule has 2 N–H and O–H groups in total. The summed E-state index contributed by atoms with van der Waals surface area (Å²) in [6.45, 7) is 7.53. The highest BCUT2D eigenvalue weighted by Gasteiger charge is 2.29. The van der Waals surface area contributed by atoms with Crippen LogP contribution in [0.2, 0.25) is 0 Å². The fraction of sp³-hybridized carbons (Fsp3) is 0.688. The van der Waals surface area contributed by atoms with Crippen LogP contribution in [-0.4, -0.2) is 42.5 Å². The first kappa shape index (κ1) is 16.0. The molecular formula is C16H27N3O2. The van der Waals surface area contributed by atoms with Crippen molar-refractivity contribution in [1.82, 2.24) is 15.5 Å². The maximum absolute atomic E-state index is 12.3. The third kappa shape index (κ3) is 4.58. The van der Waals surface area contributed by atoms with Crippen molar-refractivity contribution in [3.05, 3.63) is 24.2 Å². The predicted molar refractivity (Wildman–Crippen MR) is 82.9 cm³/mol. The number of amides is 1. The molecule has 0 spiro atoms. The van der Waals surface area contributed by atoms with Gasteiger partial charge in [0, 0.05) is 12.6 Å². The Kier molecular flexibility index (Phi) is 6.26. The van der Waals surface area contributed by atoms with E-state index in [1.807, 2.05) is 19.1 Å². The van der Waals surface area contributed by atoms with Crippen LogP contribution in [0.3, 0.4) is 0 Å². The Morgan fingerprint density at radius 3 is 3.10 bits per heavy atom. The number of nitrogens with one attached hydrogen (secondary N) is 2. The number of hydrogen-bond acceptors (Lipinski definition) is 4. The van der Waals surface area contributed by atoms with E-state index in [-0.39, 0.29) is 11.9 Å². The van der Waals surface area contributed by atoms with E-state index in [2.05, 4.69) is 22.5 Å². The Morgan fingerprint density at radius 2 is 2.38 bits per heavy atom. The average molecular weight is 293 g/mol. The fourth-order valence-corrected chi connectivity index (χ4v) is 2.95. The molecule has 0 radical (unpaired) electrons. The predicted octanol–water partition coefficient (Wildman–Crippen LogP) is 1.75. The molecule has 2 unspecified atom stereocenters. The Hall–Kier alpha value is -1.33. The molecule has 0 aromatic carbocycles. The number of likely N-dealkylation sites (tertiary alicyclic amines) is 1. The van der Waals surface area contributed by atoms with Gasteiger partial charge < -0.3 is 15.1 Å². The van der Waals surface area contributed by atoms with Crippen molar-refractivity contribution in [2.45, 2.75) is 51.7 Å². The summed E-state index contributed by atoms with van der Waals surface area (Å²) in [6.07, 6.45) is 5.23. The molecule has 1 aliphatic rings. The van der Waals surface area contributed by atoms with E-state index in [4.69, 9.17) is 4.42 Å². The van der Waals surface area contributed by atoms with Crippen molar-refractivity contribution in [3.8, 4) is 0 Å². The van der Waals surface area contributed by atoms with Crippen LogP contribution in [0.5, 0.6) is 0 Å². The molecule has 1 saturated heterocycles. The van der Waals surface area contributed by atoms with Crippen LogP contribution in [0, 0.1) is 0 Å². The third-order valence-corrected chi connectivity index (χ3v) is 4.20. The number of hydrogen-bond donors (Lipinski definition) is 2. The number of carbonyl (C=O) groups excluding carboxylic acids is 1. The number of nitrogens with zero attached hydrogens (tertiary/aromatic N) is 1. The van der Waals surface area contributed by atoms with Crippen molar-refractivity contribution in [3.63, 3.8) is 0 Å². The average Bonchev–Trinajstić information content (AvgIpc) is 3.03. The number of rotatable bonds is 7. The van der Waals surface area contributed by atoms with Gasteiger partial charge in [-0.05, 0) is 45.0 Å². The fourth-order valence-electron chi connectivity index (χ4n) is 2.95. The quantitative estimate of drug-likeness (QED) is 0.804. The largest absolute Gasteiger partial charge is 0.467 e. The molecule has 1 aromatic rings. The molecule has 2 rings (SSSR count). The van der Waals surface area contributed by atoms with Gasteiger partial charge in [0.25, 0.3) is 0 Å². The first-order chi connectivity index (χ1) is 10.2. The lowest BCUT2D eigenvalue weighted by Gasteiger charge is -2.39. The maximum Gasteiger partial charge on any atom is 0.237 e. The zero-order valence-corrected chi connectivity index (χ0v) is 13.1. The van der Waals surface area contributed by atoms with E-state index >= 15 is 0 Å². The topological polar surface area (TPSA) is 57.5 Å². The van der Waals surface area contributed by atoms with Crippen LogP contribution in [0.25, 0.3) is 0 Å². The minimum Gasteiger partial charge on any atom is -0.467 e. The second-order valence-corrected chi connectivity index (χ2v) is 5.67. The summed E-state index contributed by atoms with van der Waals surface area (Å²) in [5.74, 6) is 0.869. The molecule has 5 heteroatoms. The van der Waals surface area contributed by atoms with E-state index in [1.54, 1.807) is 6.26 Å². The summed E-state index contributed by atoms with van der Waals surface area (Å²) >= 11 is 0. The van der Waals surface area contributed by atoms with Crippen LogP contribution >= 0.6 is 0 Å². The highest BCUT2D eigenvalue weighted by atomic mass is 16.3. The zero-order chi connectivity index (χ0) is 15.1. The standard InChI is InChI=1S/C16H27N3O2/c1-3-17-11-14-7-4-5-9-19(14)13(2)16(20)18-12-15-8-6-10-21-15/h6,8,10,13-14,17H,3-5,7,9,11-12H2,1-2H3,(H,18,20). The Morgan fingerprint density at radius 1 is 1.52 bits per heavy atom. The molecule has 1 amide bonds. The van der Waals surface area contributed by atoms with Crippen LogP contribution in [0.15, 0.2) is 22.8 Å². The van der Waals surface area contributed by atoms with Crippen molar-refractivity contribution in [1.29, 1.82) is 0 Å². The molecule has 0 bridgehead atoms. The molecular weight excluding hydrogens is 266 g/mol. The number of likely N-dealkylation sites (N-methyl/N-ethyl adjacent to an activating group) is 1. The van der Waals surface area contributed by atoms with Gasteiger partial charge >= 0.3 is 0 Å². The molecule has 118 valence electrons. The summed E-state index contributed by atoms with van der Waals surface area (Å²) < 4.78 is 5.25. The lowest BCUT2D eigenvalue weighted by atomic mass is 9.99. The lowest BCUT2D eigenvalue weighted by molar-refractivity contribution is -0.127. The van der Waals surface area contributed by atoms with Crippen LogP contribution < -0.4 is 10.6 Å². The van der Waals surface area contributed by atoms with Crippen molar-refractivity contribution >= 4 is 5.91 Å². The molecule has 0 aliphatic carbocycles. The van der Waals surface area contributed by atoms with Gasteiger partial charge in [-0.25, -0.2) is 0 Å². The molecule has 5 nitrogen and oxygen atoms in total. The zero-order valence-electron chi connectivity index (χ0n) is 13.1. The van der Waals surface area contributed by atoms with Crippen LogP contribution in [0.1, 0.15) is 38.9 Å². The van der Waals surface area contributed by atoms with Gasteiger partial charge in [0.15, 0.2) is 0 Å². The number of piperidine rings is 1. The number of carbonyl (C=O) groups is 1. The van der Waals surface area contributed by atoms with Crippen molar-refractivity contribution in [2.24, 2.45) is 0 Å². The van der Waals surface area contributed by atoms with Crippen molar-refractivity contribution in [2.75, 3.05) is 19.6 Å². The van der Waals surface area contributed by atoms with Crippen LogP contribution in [-0.2, 0) is 11.3 Å². The summed E-state index contributed by atoms with van der Waals surface area (Å²) in [6, 6.07) is 4.08. The van der Waals surface area contributed by atoms with E-state index < -0.39 is 0 Å². The molecule has 1 aromatic heterocycles. The van der Waals surface area contributed by atoms with Gasteiger partial charge in [0.1, 0.15) is 5.76 Å². The minimum atomic E-state index is -0.0936. The van der Waals surface area contributed by atoms with Gasteiger partial charge in [-0.2, -0.15) is 0 Å². The smallest absolute Gasteiger partial charge is 0.237 e. The second-order valence-electron chi connectivity index (χ2n) is 5.67. The second kappa shape index (κ2) is 8.20. The molecule has 21 heavy (non-hydrogen) atoms. The molecule has 2 heterocycles. The van der Waals surface area contributed by atoms with Gasteiger partial charge in [0.2, 0.25) is 5.91 Å². The lowest BCUT2D eigenvalue weighted by Crippen LogP contribution is -2.54. The molecule has 1 fully saturated rings. The van der Waals surface area contributed by atoms with Crippen molar-refractivity contribution < 1.29 is 9.21 Å². The highest BCUT2D eigenvalue weighted by Crippen LogP contribution is 2.19. The Labute approximate surface area is 127 Å². The first-order valence-corrected chi connectivity index (χ1v) is 7.99. The van der Waals surface area contributed by atoms with Gasteiger partial charge in [-0.15, -0.1) is 0 Å².